The van der Waals surface area contributed by atoms with Gasteiger partial charge < -0.3 is 9.84 Å². The van der Waals surface area contributed by atoms with E-state index in [0.29, 0.717) is 0 Å². The van der Waals surface area contributed by atoms with E-state index in [1.165, 1.54) is 0 Å². The highest BCUT2D eigenvalue weighted by molar-refractivity contribution is 9.10. The molecule has 0 atom stereocenters. The highest BCUT2D eigenvalue weighted by Gasteiger charge is 2.23. The molecule has 0 aliphatic carbocycles. The molecule has 0 amide bonds. The van der Waals surface area contributed by atoms with E-state index < -0.39 is 33.4 Å². The molecule has 0 saturated heterocycles. The fourth-order valence-corrected chi connectivity index (χ4v) is 1.15. The average molecular weight is 257 g/mol. The van der Waals surface area contributed by atoms with Gasteiger partial charge in [-0.3, -0.25) is 0 Å². The normalized spacial score (nSPS) is 10.2. The molecule has 0 saturated carbocycles. The minimum atomic E-state index is -1.46. The average Bonchev–Trinajstić information content (AvgIpc) is 2.13. The van der Waals surface area contributed by atoms with Gasteiger partial charge in [0, 0.05) is 0 Å². The Morgan fingerprint density at radius 1 is 1.15 bits per heavy atom. The fourth-order valence-electron chi connectivity index (χ4n) is 0.779. The Morgan fingerprint density at radius 3 is 2.15 bits per heavy atom. The maximum Gasteiger partial charge on any atom is 0.212 e. The maximum absolute atomic E-state index is 12.9. The Balaban J connectivity index is 3.56. The summed E-state index contributed by atoms with van der Waals surface area (Å²) in [6.45, 7) is 0. The van der Waals surface area contributed by atoms with Crippen LogP contribution in [0.1, 0.15) is 0 Å². The molecule has 6 heteroatoms. The monoisotopic (exact) mass is 256 g/mol. The van der Waals surface area contributed by atoms with E-state index in [-0.39, 0.29) is 0 Å². The molecule has 0 aromatic heterocycles. The zero-order valence-corrected chi connectivity index (χ0v) is 7.95. The minimum Gasteiger partial charge on any atom is -0.503 e. The summed E-state index contributed by atoms with van der Waals surface area (Å²) in [5.41, 5.74) is 0. The molecule has 0 aliphatic rings. The van der Waals surface area contributed by atoms with Gasteiger partial charge in [0.05, 0.1) is 11.6 Å². The largest absolute Gasteiger partial charge is 0.503 e. The lowest BCUT2D eigenvalue weighted by Gasteiger charge is -2.07. The van der Waals surface area contributed by atoms with Crippen LogP contribution in [0.15, 0.2) is 4.47 Å². The van der Waals surface area contributed by atoms with Gasteiger partial charge in [0.1, 0.15) is 0 Å². The summed E-state index contributed by atoms with van der Waals surface area (Å²) in [5.74, 6) is -6.18. The first-order valence-electron chi connectivity index (χ1n) is 3.09. The van der Waals surface area contributed by atoms with Crippen molar-refractivity contribution in [3.05, 3.63) is 21.9 Å². The zero-order valence-electron chi connectivity index (χ0n) is 6.37. The molecule has 13 heavy (non-hydrogen) atoms. The SMILES string of the molecule is COc1c(F)c(O)c(F)c(Br)c1F. The summed E-state index contributed by atoms with van der Waals surface area (Å²) < 4.78 is 42.1. The molecule has 0 heterocycles. The van der Waals surface area contributed by atoms with Gasteiger partial charge in [-0.2, -0.15) is 4.39 Å². The molecule has 0 fully saturated rings. The molecule has 0 radical (unpaired) electrons. The van der Waals surface area contributed by atoms with Gasteiger partial charge in [0.2, 0.25) is 5.82 Å². The molecule has 0 unspecified atom stereocenters. The van der Waals surface area contributed by atoms with E-state index in [9.17, 15) is 13.2 Å². The number of phenols is 1. The van der Waals surface area contributed by atoms with Gasteiger partial charge in [-0.25, -0.2) is 8.78 Å². The van der Waals surface area contributed by atoms with Crippen LogP contribution in [-0.2, 0) is 0 Å². The first-order valence-corrected chi connectivity index (χ1v) is 3.88. The number of phenolic OH excluding ortho intramolecular Hbond substituents is 1. The van der Waals surface area contributed by atoms with Crippen LogP contribution in [0.3, 0.4) is 0 Å². The zero-order chi connectivity index (χ0) is 10.2. The molecular weight excluding hydrogens is 253 g/mol. The Labute approximate surface area is 80.1 Å². The van der Waals surface area contributed by atoms with Crippen LogP contribution in [0.4, 0.5) is 13.2 Å². The second-order valence-electron chi connectivity index (χ2n) is 2.14. The van der Waals surface area contributed by atoms with Crippen LogP contribution in [-0.4, -0.2) is 12.2 Å². The summed E-state index contributed by atoms with van der Waals surface area (Å²) >= 11 is 2.50. The number of benzene rings is 1. The molecule has 2 nitrogen and oxygen atoms in total. The molecule has 0 bridgehead atoms. The van der Waals surface area contributed by atoms with Crippen molar-refractivity contribution in [2.24, 2.45) is 0 Å². The van der Waals surface area contributed by atoms with E-state index in [2.05, 4.69) is 20.7 Å². The third kappa shape index (κ3) is 1.46. The molecule has 1 aromatic carbocycles. The number of rotatable bonds is 1. The lowest BCUT2D eigenvalue weighted by atomic mass is 10.3. The molecule has 1 N–H and O–H groups in total. The lowest BCUT2D eigenvalue weighted by Crippen LogP contribution is -1.97. The quantitative estimate of drug-likeness (QED) is 0.618. The van der Waals surface area contributed by atoms with E-state index in [1.54, 1.807) is 0 Å². The lowest BCUT2D eigenvalue weighted by molar-refractivity contribution is 0.327. The molecule has 0 aliphatic heterocycles. The van der Waals surface area contributed by atoms with E-state index in [1.807, 2.05) is 0 Å². The van der Waals surface area contributed by atoms with Crippen molar-refractivity contribution >= 4 is 15.9 Å². The summed E-state index contributed by atoms with van der Waals surface area (Å²) in [4.78, 5) is 0. The van der Waals surface area contributed by atoms with Crippen molar-refractivity contribution in [2.75, 3.05) is 7.11 Å². The number of hydrogen-bond acceptors (Lipinski definition) is 2. The van der Waals surface area contributed by atoms with Crippen LogP contribution >= 0.6 is 15.9 Å². The second-order valence-corrected chi connectivity index (χ2v) is 2.93. The van der Waals surface area contributed by atoms with Gasteiger partial charge >= 0.3 is 0 Å². The number of halogens is 4. The van der Waals surface area contributed by atoms with Crippen molar-refractivity contribution < 1.29 is 23.0 Å². The summed E-state index contributed by atoms with van der Waals surface area (Å²) in [7, 11) is 1.01. The van der Waals surface area contributed by atoms with E-state index in [4.69, 9.17) is 5.11 Å². The van der Waals surface area contributed by atoms with Crippen molar-refractivity contribution in [1.82, 2.24) is 0 Å². The number of hydrogen-bond donors (Lipinski definition) is 1. The smallest absolute Gasteiger partial charge is 0.212 e. The maximum atomic E-state index is 12.9. The molecule has 1 aromatic rings. The van der Waals surface area contributed by atoms with Gasteiger partial charge in [-0.1, -0.05) is 0 Å². The molecule has 0 spiro atoms. The number of ether oxygens (including phenoxy) is 1. The number of methoxy groups -OCH3 is 1. The highest BCUT2D eigenvalue weighted by Crippen LogP contribution is 2.37. The summed E-state index contributed by atoms with van der Waals surface area (Å²) in [5, 5.41) is 8.80. The third-order valence-electron chi connectivity index (χ3n) is 1.40. The Kier molecular flexibility index (Phi) is 2.70. The van der Waals surface area contributed by atoms with Gasteiger partial charge in [0.25, 0.3) is 0 Å². The van der Waals surface area contributed by atoms with Crippen LogP contribution in [0.25, 0.3) is 0 Å². The number of aromatic hydroxyl groups is 1. The molecule has 1 rings (SSSR count). The molecular formula is C7H4BrF3O2. The van der Waals surface area contributed by atoms with E-state index >= 15 is 0 Å². The highest BCUT2D eigenvalue weighted by atomic mass is 79.9. The van der Waals surface area contributed by atoms with Crippen LogP contribution in [0.5, 0.6) is 11.5 Å². The topological polar surface area (TPSA) is 29.5 Å². The van der Waals surface area contributed by atoms with Crippen molar-refractivity contribution in [3.8, 4) is 11.5 Å². The predicted octanol–water partition coefficient (Wildman–Crippen LogP) is 2.58. The first kappa shape index (κ1) is 10.2. The van der Waals surface area contributed by atoms with Crippen LogP contribution < -0.4 is 4.74 Å². The van der Waals surface area contributed by atoms with E-state index in [0.717, 1.165) is 7.11 Å². The standard InChI is InChI=1S/C7H4BrF3O2/c1-13-7-4(10)2(8)3(9)6(12)5(7)11/h12H,1H3. The van der Waals surface area contributed by atoms with Gasteiger partial charge in [0.15, 0.2) is 23.1 Å². The summed E-state index contributed by atoms with van der Waals surface area (Å²) in [6, 6.07) is 0. The minimum absolute atomic E-state index is 0.664. The second kappa shape index (κ2) is 3.45. The summed E-state index contributed by atoms with van der Waals surface area (Å²) in [6.07, 6.45) is 0. The van der Waals surface area contributed by atoms with Crippen molar-refractivity contribution in [2.45, 2.75) is 0 Å². The fraction of sp³-hybridized carbons (Fsp3) is 0.143. The van der Waals surface area contributed by atoms with Crippen molar-refractivity contribution in [3.63, 3.8) is 0 Å². The first-order chi connectivity index (χ1) is 6.00. The Bertz CT molecular complexity index is 325. The van der Waals surface area contributed by atoms with Gasteiger partial charge in [-0.15, -0.1) is 0 Å². The molecule has 72 valence electrons. The third-order valence-corrected chi connectivity index (χ3v) is 2.10. The van der Waals surface area contributed by atoms with Crippen LogP contribution in [0.2, 0.25) is 0 Å². The Hall–Kier alpha value is -0.910. The van der Waals surface area contributed by atoms with Gasteiger partial charge in [-0.05, 0) is 15.9 Å². The van der Waals surface area contributed by atoms with Crippen molar-refractivity contribution in [1.29, 1.82) is 0 Å². The predicted molar refractivity (Wildman–Crippen MR) is 42.2 cm³/mol. The van der Waals surface area contributed by atoms with Crippen LogP contribution in [0, 0.1) is 17.5 Å². The Morgan fingerprint density at radius 2 is 1.69 bits per heavy atom.